The standard InChI is InChI=1S/C18H20ClF3N4O/c1-23-17(26-10-15-6-7-16(19)24-9-15)25-8-13-2-4-14(5-3-13)11-27-12-18(20,21)22/h2-7,9H,8,10-12H2,1H3,(H2,23,25,26). The number of halogens is 4. The van der Waals surface area contributed by atoms with Crippen molar-refractivity contribution in [1.29, 1.82) is 0 Å². The van der Waals surface area contributed by atoms with Crippen LogP contribution in [0.4, 0.5) is 13.2 Å². The lowest BCUT2D eigenvalue weighted by molar-refractivity contribution is -0.176. The van der Waals surface area contributed by atoms with E-state index in [1.807, 2.05) is 18.2 Å². The van der Waals surface area contributed by atoms with Crippen molar-refractivity contribution < 1.29 is 17.9 Å². The first kappa shape index (κ1) is 21.0. The Bertz CT molecular complexity index is 734. The maximum absolute atomic E-state index is 12.1. The van der Waals surface area contributed by atoms with Gasteiger partial charge in [-0.05, 0) is 22.8 Å². The van der Waals surface area contributed by atoms with Crippen LogP contribution in [0.2, 0.25) is 5.15 Å². The molecule has 5 nitrogen and oxygen atoms in total. The van der Waals surface area contributed by atoms with Crippen LogP contribution in [0.25, 0.3) is 0 Å². The predicted molar refractivity (Wildman–Crippen MR) is 98.4 cm³/mol. The van der Waals surface area contributed by atoms with E-state index in [0.29, 0.717) is 29.8 Å². The molecule has 2 rings (SSSR count). The number of benzene rings is 1. The lowest BCUT2D eigenvalue weighted by atomic mass is 10.1. The molecule has 0 amide bonds. The molecule has 2 aromatic rings. The molecule has 2 N–H and O–H groups in total. The molecule has 0 aliphatic rings. The van der Waals surface area contributed by atoms with Gasteiger partial charge in [-0.15, -0.1) is 0 Å². The van der Waals surface area contributed by atoms with E-state index in [0.717, 1.165) is 11.1 Å². The van der Waals surface area contributed by atoms with Gasteiger partial charge in [-0.2, -0.15) is 13.2 Å². The van der Waals surface area contributed by atoms with Crippen molar-refractivity contribution in [2.45, 2.75) is 25.9 Å². The van der Waals surface area contributed by atoms with Gasteiger partial charge in [-0.1, -0.05) is 41.9 Å². The minimum absolute atomic E-state index is 0.0778. The van der Waals surface area contributed by atoms with E-state index in [1.54, 1.807) is 31.4 Å². The summed E-state index contributed by atoms with van der Waals surface area (Å²) in [5.41, 5.74) is 2.61. The lowest BCUT2D eigenvalue weighted by Crippen LogP contribution is -2.36. The molecule has 0 bridgehead atoms. The molecular formula is C18H20ClF3N4O. The van der Waals surface area contributed by atoms with Gasteiger partial charge in [-0.3, -0.25) is 4.99 Å². The summed E-state index contributed by atoms with van der Waals surface area (Å²) in [6, 6.07) is 10.7. The Labute approximate surface area is 160 Å². The fraction of sp³-hybridized carbons (Fsp3) is 0.333. The van der Waals surface area contributed by atoms with Gasteiger partial charge in [0.15, 0.2) is 5.96 Å². The Hall–Kier alpha value is -2.32. The minimum atomic E-state index is -4.31. The van der Waals surface area contributed by atoms with Crippen LogP contribution >= 0.6 is 11.6 Å². The van der Waals surface area contributed by atoms with Crippen molar-refractivity contribution in [3.8, 4) is 0 Å². The first-order valence-electron chi connectivity index (χ1n) is 8.13. The van der Waals surface area contributed by atoms with Crippen molar-refractivity contribution in [1.82, 2.24) is 15.6 Å². The SMILES string of the molecule is CN=C(NCc1ccc(COCC(F)(F)F)cc1)NCc1ccc(Cl)nc1. The van der Waals surface area contributed by atoms with E-state index in [-0.39, 0.29) is 6.61 Å². The molecule has 0 aliphatic heterocycles. The van der Waals surface area contributed by atoms with Crippen LogP contribution < -0.4 is 10.6 Å². The number of alkyl halides is 3. The van der Waals surface area contributed by atoms with Gasteiger partial charge in [0.25, 0.3) is 0 Å². The zero-order chi connectivity index (χ0) is 19.7. The number of hydrogen-bond acceptors (Lipinski definition) is 3. The highest BCUT2D eigenvalue weighted by Gasteiger charge is 2.27. The van der Waals surface area contributed by atoms with Gasteiger partial charge < -0.3 is 15.4 Å². The van der Waals surface area contributed by atoms with Crippen LogP contribution in [0.5, 0.6) is 0 Å². The molecule has 1 aromatic heterocycles. The van der Waals surface area contributed by atoms with E-state index >= 15 is 0 Å². The van der Waals surface area contributed by atoms with E-state index in [1.165, 1.54) is 0 Å². The summed E-state index contributed by atoms with van der Waals surface area (Å²) in [6.07, 6.45) is -2.63. The van der Waals surface area contributed by atoms with Crippen LogP contribution in [0.1, 0.15) is 16.7 Å². The molecule has 27 heavy (non-hydrogen) atoms. The normalized spacial score (nSPS) is 12.1. The van der Waals surface area contributed by atoms with Gasteiger partial charge in [0.05, 0.1) is 6.61 Å². The smallest absolute Gasteiger partial charge is 0.367 e. The third kappa shape index (κ3) is 8.27. The zero-order valence-electron chi connectivity index (χ0n) is 14.7. The number of nitrogens with zero attached hydrogens (tertiary/aromatic N) is 2. The molecule has 0 radical (unpaired) electrons. The fourth-order valence-electron chi connectivity index (χ4n) is 2.14. The van der Waals surface area contributed by atoms with Crippen molar-refractivity contribution in [2.24, 2.45) is 4.99 Å². The summed E-state index contributed by atoms with van der Waals surface area (Å²) in [5, 5.41) is 6.76. The summed E-state index contributed by atoms with van der Waals surface area (Å²) in [7, 11) is 1.66. The molecule has 0 fully saturated rings. The van der Waals surface area contributed by atoms with Crippen molar-refractivity contribution in [3.05, 3.63) is 64.4 Å². The van der Waals surface area contributed by atoms with Crippen molar-refractivity contribution in [3.63, 3.8) is 0 Å². The predicted octanol–water partition coefficient (Wildman–Crippen LogP) is 3.68. The largest absolute Gasteiger partial charge is 0.411 e. The molecule has 1 aromatic carbocycles. The topological polar surface area (TPSA) is 58.5 Å². The number of rotatable bonds is 7. The summed E-state index contributed by atoms with van der Waals surface area (Å²) in [5.74, 6) is 0.613. The van der Waals surface area contributed by atoms with Crippen LogP contribution in [0, 0.1) is 0 Å². The Morgan fingerprint density at radius 1 is 1.04 bits per heavy atom. The number of guanidine groups is 1. The van der Waals surface area contributed by atoms with E-state index in [9.17, 15) is 13.2 Å². The van der Waals surface area contributed by atoms with Gasteiger partial charge in [0.1, 0.15) is 11.8 Å². The number of aromatic nitrogens is 1. The van der Waals surface area contributed by atoms with Crippen LogP contribution in [0.15, 0.2) is 47.6 Å². The number of pyridine rings is 1. The second-order valence-electron chi connectivity index (χ2n) is 5.69. The molecule has 146 valence electrons. The zero-order valence-corrected chi connectivity index (χ0v) is 15.4. The van der Waals surface area contributed by atoms with Crippen LogP contribution in [0.3, 0.4) is 0 Å². The Morgan fingerprint density at radius 2 is 1.63 bits per heavy atom. The third-order valence-corrected chi connectivity index (χ3v) is 3.71. The molecule has 0 saturated heterocycles. The quantitative estimate of drug-likeness (QED) is 0.423. The highest BCUT2D eigenvalue weighted by Crippen LogP contribution is 2.15. The van der Waals surface area contributed by atoms with Crippen LogP contribution in [-0.2, 0) is 24.4 Å². The van der Waals surface area contributed by atoms with Crippen LogP contribution in [-0.4, -0.2) is 30.8 Å². The van der Waals surface area contributed by atoms with E-state index in [2.05, 4.69) is 25.3 Å². The average molecular weight is 401 g/mol. The average Bonchev–Trinajstić information content (AvgIpc) is 2.63. The number of nitrogens with one attached hydrogen (secondary N) is 2. The second-order valence-corrected chi connectivity index (χ2v) is 6.08. The lowest BCUT2D eigenvalue weighted by Gasteiger charge is -2.12. The minimum Gasteiger partial charge on any atom is -0.367 e. The molecule has 9 heteroatoms. The molecule has 0 saturated carbocycles. The summed E-state index contributed by atoms with van der Waals surface area (Å²) < 4.78 is 40.8. The van der Waals surface area contributed by atoms with Gasteiger partial charge in [0, 0.05) is 26.3 Å². The molecule has 0 unspecified atom stereocenters. The third-order valence-electron chi connectivity index (χ3n) is 3.49. The highest BCUT2D eigenvalue weighted by atomic mass is 35.5. The monoisotopic (exact) mass is 400 g/mol. The van der Waals surface area contributed by atoms with Gasteiger partial charge in [-0.25, -0.2) is 4.98 Å². The second kappa shape index (κ2) is 10.1. The van der Waals surface area contributed by atoms with Gasteiger partial charge in [0.2, 0.25) is 0 Å². The maximum Gasteiger partial charge on any atom is 0.411 e. The van der Waals surface area contributed by atoms with E-state index < -0.39 is 12.8 Å². The molecule has 0 spiro atoms. The van der Waals surface area contributed by atoms with Gasteiger partial charge >= 0.3 is 6.18 Å². The maximum atomic E-state index is 12.1. The van der Waals surface area contributed by atoms with E-state index in [4.69, 9.17) is 11.6 Å². The number of ether oxygens (including phenoxy) is 1. The van der Waals surface area contributed by atoms with Crippen molar-refractivity contribution >= 4 is 17.6 Å². The summed E-state index contributed by atoms with van der Waals surface area (Å²) in [4.78, 5) is 8.15. The molecular weight excluding hydrogens is 381 g/mol. The number of hydrogen-bond donors (Lipinski definition) is 2. The number of aliphatic imine (C=N–C) groups is 1. The van der Waals surface area contributed by atoms with Crippen molar-refractivity contribution in [2.75, 3.05) is 13.7 Å². The Kier molecular flexibility index (Phi) is 7.87. The first-order valence-corrected chi connectivity index (χ1v) is 8.51. The molecule has 0 aliphatic carbocycles. The summed E-state index contributed by atoms with van der Waals surface area (Å²) >= 11 is 5.75. The Balaban J connectivity index is 1.76. The first-order chi connectivity index (χ1) is 12.9. The fourth-order valence-corrected chi connectivity index (χ4v) is 2.25. The molecule has 1 heterocycles. The highest BCUT2D eigenvalue weighted by molar-refractivity contribution is 6.29. The summed E-state index contributed by atoms with van der Waals surface area (Å²) in [6.45, 7) is -0.269. The molecule has 0 atom stereocenters. The Morgan fingerprint density at radius 3 is 2.19 bits per heavy atom.